The van der Waals surface area contributed by atoms with E-state index in [1.54, 1.807) is 18.9 Å². The van der Waals surface area contributed by atoms with Crippen LogP contribution in [0.2, 0.25) is 0 Å². The molecule has 0 bridgehead atoms. The molecule has 1 aromatic carbocycles. The van der Waals surface area contributed by atoms with Crippen LogP contribution in [0.3, 0.4) is 0 Å². The maximum Gasteiger partial charge on any atom is 0.340 e. The van der Waals surface area contributed by atoms with Gasteiger partial charge >= 0.3 is 5.97 Å². The Balaban J connectivity index is 1.77. The number of pyridine rings is 1. The Morgan fingerprint density at radius 1 is 1.30 bits per heavy atom. The fourth-order valence-electron chi connectivity index (χ4n) is 3.77. The van der Waals surface area contributed by atoms with Gasteiger partial charge in [-0.15, -0.1) is 0 Å². The van der Waals surface area contributed by atoms with Crippen molar-refractivity contribution in [3.8, 4) is 0 Å². The molecule has 0 spiro atoms. The predicted molar refractivity (Wildman–Crippen MR) is 114 cm³/mol. The quantitative estimate of drug-likeness (QED) is 0.659. The predicted octanol–water partition coefficient (Wildman–Crippen LogP) is 1.46. The number of nitrogens with zero attached hydrogens (tertiary/aromatic N) is 2. The van der Waals surface area contributed by atoms with E-state index >= 15 is 0 Å². The van der Waals surface area contributed by atoms with Crippen LogP contribution >= 0.6 is 0 Å². The lowest BCUT2D eigenvalue weighted by Gasteiger charge is -2.20. The zero-order chi connectivity index (χ0) is 21.9. The van der Waals surface area contributed by atoms with E-state index in [0.29, 0.717) is 17.7 Å². The molecule has 1 aliphatic rings. The Morgan fingerprint density at radius 3 is 2.70 bits per heavy atom. The Kier molecular flexibility index (Phi) is 6.72. The summed E-state index contributed by atoms with van der Waals surface area (Å²) in [5.41, 5.74) is 2.53. The van der Waals surface area contributed by atoms with Crippen molar-refractivity contribution in [2.75, 3.05) is 31.7 Å². The topological polar surface area (TPSA) is 106 Å². The van der Waals surface area contributed by atoms with Crippen molar-refractivity contribution in [1.82, 2.24) is 15.2 Å². The molecule has 1 aliphatic heterocycles. The fourth-order valence-corrected chi connectivity index (χ4v) is 5.44. The number of benzene rings is 1. The van der Waals surface area contributed by atoms with Gasteiger partial charge in [-0.2, -0.15) is 0 Å². The van der Waals surface area contributed by atoms with Crippen molar-refractivity contribution in [2.45, 2.75) is 32.9 Å². The third-order valence-electron chi connectivity index (χ3n) is 5.14. The lowest BCUT2D eigenvalue weighted by Crippen LogP contribution is -2.41. The molecule has 3 rings (SSSR count). The van der Waals surface area contributed by atoms with Crippen LogP contribution in [-0.2, 0) is 25.9 Å². The SMILES string of the molecule is CCOC(=O)c1c(CN(C)CC(=O)NC2CCS(=O)(=O)C2)nc2ccccc2c1C. The van der Waals surface area contributed by atoms with Gasteiger partial charge in [0.1, 0.15) is 0 Å². The van der Waals surface area contributed by atoms with Crippen LogP contribution in [0.5, 0.6) is 0 Å². The second-order valence-electron chi connectivity index (χ2n) is 7.64. The zero-order valence-electron chi connectivity index (χ0n) is 17.5. The summed E-state index contributed by atoms with van der Waals surface area (Å²) in [5, 5.41) is 3.66. The first kappa shape index (κ1) is 22.2. The number of fused-ring (bicyclic) bond motifs is 1. The van der Waals surface area contributed by atoms with Gasteiger partial charge in [-0.25, -0.2) is 13.2 Å². The van der Waals surface area contributed by atoms with E-state index in [9.17, 15) is 18.0 Å². The molecule has 0 radical (unpaired) electrons. The fraction of sp³-hybridized carbons (Fsp3) is 0.476. The number of carbonyl (C=O) groups excluding carboxylic acids is 2. The van der Waals surface area contributed by atoms with Crippen molar-refractivity contribution < 1.29 is 22.7 Å². The van der Waals surface area contributed by atoms with Crippen LogP contribution in [0.4, 0.5) is 0 Å². The van der Waals surface area contributed by atoms with Crippen molar-refractivity contribution >= 4 is 32.6 Å². The third-order valence-corrected chi connectivity index (χ3v) is 6.91. The molecule has 2 heterocycles. The smallest absolute Gasteiger partial charge is 0.340 e. The molecule has 0 aliphatic carbocycles. The number of esters is 1. The average Bonchev–Trinajstić information content (AvgIpc) is 3.00. The van der Waals surface area contributed by atoms with Gasteiger partial charge in [0.05, 0.1) is 41.4 Å². The number of aryl methyl sites for hydroxylation is 1. The van der Waals surface area contributed by atoms with Crippen molar-refractivity contribution in [2.24, 2.45) is 0 Å². The molecule has 1 aromatic heterocycles. The summed E-state index contributed by atoms with van der Waals surface area (Å²) in [4.78, 5) is 31.4. The molecule has 1 unspecified atom stereocenters. The Hall–Kier alpha value is -2.52. The Bertz CT molecular complexity index is 1070. The van der Waals surface area contributed by atoms with Crippen LogP contribution in [0.1, 0.15) is 35.0 Å². The van der Waals surface area contributed by atoms with E-state index in [1.165, 1.54) is 0 Å². The molecule has 162 valence electrons. The van der Waals surface area contributed by atoms with E-state index in [4.69, 9.17) is 4.74 Å². The maximum atomic E-state index is 12.6. The highest BCUT2D eigenvalue weighted by molar-refractivity contribution is 7.91. The highest BCUT2D eigenvalue weighted by Crippen LogP contribution is 2.24. The molecule has 2 aromatic rings. The lowest BCUT2D eigenvalue weighted by molar-refractivity contribution is -0.122. The van der Waals surface area contributed by atoms with Gasteiger partial charge in [0, 0.05) is 18.0 Å². The van der Waals surface area contributed by atoms with Gasteiger partial charge in [0.2, 0.25) is 5.91 Å². The monoisotopic (exact) mass is 433 g/mol. The molecule has 30 heavy (non-hydrogen) atoms. The third kappa shape index (κ3) is 5.14. The first-order chi connectivity index (χ1) is 14.2. The van der Waals surface area contributed by atoms with Crippen molar-refractivity contribution in [3.05, 3.63) is 41.1 Å². The zero-order valence-corrected chi connectivity index (χ0v) is 18.3. The van der Waals surface area contributed by atoms with Crippen molar-refractivity contribution in [1.29, 1.82) is 0 Å². The standard InChI is InChI=1S/C21H27N3O5S/c1-4-29-21(26)20-14(2)16-7-5-6-8-17(16)23-18(20)11-24(3)12-19(25)22-15-9-10-30(27,28)13-15/h5-8,15H,4,9-13H2,1-3H3,(H,22,25). The average molecular weight is 434 g/mol. The van der Waals surface area contributed by atoms with Gasteiger partial charge < -0.3 is 10.1 Å². The second-order valence-corrected chi connectivity index (χ2v) is 9.86. The van der Waals surface area contributed by atoms with E-state index in [2.05, 4.69) is 10.3 Å². The van der Waals surface area contributed by atoms with Gasteiger partial charge in [-0.3, -0.25) is 14.7 Å². The number of rotatable bonds is 7. The van der Waals surface area contributed by atoms with Crippen LogP contribution in [0.25, 0.3) is 10.9 Å². The summed E-state index contributed by atoms with van der Waals surface area (Å²) < 4.78 is 28.4. The number of ether oxygens (including phenoxy) is 1. The summed E-state index contributed by atoms with van der Waals surface area (Å²) in [6.45, 7) is 4.21. The molecular weight excluding hydrogens is 406 g/mol. The summed E-state index contributed by atoms with van der Waals surface area (Å²) in [6, 6.07) is 7.23. The van der Waals surface area contributed by atoms with Gasteiger partial charge in [0.25, 0.3) is 0 Å². The second kappa shape index (κ2) is 9.09. The van der Waals surface area contributed by atoms with Crippen LogP contribution in [-0.4, -0.2) is 67.9 Å². The van der Waals surface area contributed by atoms with Crippen LogP contribution < -0.4 is 5.32 Å². The highest BCUT2D eigenvalue weighted by atomic mass is 32.2. The summed E-state index contributed by atoms with van der Waals surface area (Å²) in [5.74, 6) is -0.593. The number of aromatic nitrogens is 1. The lowest BCUT2D eigenvalue weighted by atomic mass is 10.0. The molecule has 1 amide bonds. The number of para-hydroxylation sites is 1. The molecule has 1 atom stereocenters. The number of nitrogens with one attached hydrogen (secondary N) is 1. The van der Waals surface area contributed by atoms with E-state index in [0.717, 1.165) is 16.5 Å². The van der Waals surface area contributed by atoms with Crippen LogP contribution in [0.15, 0.2) is 24.3 Å². The number of amides is 1. The Labute approximate surface area is 176 Å². The van der Waals surface area contributed by atoms with Gasteiger partial charge in [0.15, 0.2) is 9.84 Å². The summed E-state index contributed by atoms with van der Waals surface area (Å²) in [7, 11) is -1.30. The highest BCUT2D eigenvalue weighted by Gasteiger charge is 2.29. The molecule has 1 N–H and O–H groups in total. The number of likely N-dealkylation sites (N-methyl/N-ethyl adjacent to an activating group) is 1. The number of carbonyl (C=O) groups is 2. The molecular formula is C21H27N3O5S. The minimum Gasteiger partial charge on any atom is -0.462 e. The van der Waals surface area contributed by atoms with Crippen LogP contribution in [0, 0.1) is 6.92 Å². The van der Waals surface area contributed by atoms with Crippen molar-refractivity contribution in [3.63, 3.8) is 0 Å². The van der Waals surface area contributed by atoms with E-state index in [1.807, 2.05) is 31.2 Å². The number of hydrogen-bond donors (Lipinski definition) is 1. The molecule has 9 heteroatoms. The normalized spacial score (nSPS) is 17.9. The summed E-state index contributed by atoms with van der Waals surface area (Å²) >= 11 is 0. The minimum atomic E-state index is -3.05. The molecule has 8 nitrogen and oxygen atoms in total. The van der Waals surface area contributed by atoms with E-state index in [-0.39, 0.29) is 43.2 Å². The van der Waals surface area contributed by atoms with Gasteiger partial charge in [-0.1, -0.05) is 18.2 Å². The first-order valence-corrected chi connectivity index (χ1v) is 11.8. The molecule has 1 saturated heterocycles. The van der Waals surface area contributed by atoms with E-state index < -0.39 is 15.8 Å². The minimum absolute atomic E-state index is 0.0130. The largest absolute Gasteiger partial charge is 0.462 e. The maximum absolute atomic E-state index is 12.6. The van der Waals surface area contributed by atoms with Gasteiger partial charge in [-0.05, 0) is 38.9 Å². The molecule has 1 fully saturated rings. The number of sulfone groups is 1. The Morgan fingerprint density at radius 2 is 2.03 bits per heavy atom. The summed E-state index contributed by atoms with van der Waals surface area (Å²) in [6.07, 6.45) is 0.441. The first-order valence-electron chi connectivity index (χ1n) is 9.94. The number of hydrogen-bond acceptors (Lipinski definition) is 7. The molecule has 0 saturated carbocycles.